The minimum absolute atomic E-state index is 0.240. The maximum absolute atomic E-state index is 7.11. The molecule has 0 radical (unpaired) electrons. The van der Waals surface area contributed by atoms with Crippen molar-refractivity contribution in [3.63, 3.8) is 0 Å². The van der Waals surface area contributed by atoms with E-state index in [1.165, 1.54) is 0 Å². The van der Waals surface area contributed by atoms with Crippen molar-refractivity contribution in [2.75, 3.05) is 19.8 Å². The molecule has 50 valence electrons. The number of nitrogens with zero attached hydrogens (tertiary/aromatic N) is 1. The predicted octanol–water partition coefficient (Wildman–Crippen LogP) is 1.57. The Balaban J connectivity index is 4.74. The first kappa shape index (κ1) is 2.47. The molecule has 0 aliphatic heterocycles. The topological polar surface area (TPSA) is 3.24 Å². The molecule has 0 spiro atoms. The summed E-state index contributed by atoms with van der Waals surface area (Å²) in [5.74, 6) is 0.240. The molecular weight excluding hydrogens is 122 g/mol. The van der Waals surface area contributed by atoms with Gasteiger partial charge in [-0.05, 0) is 27.3 Å². The zero-order valence-corrected chi connectivity index (χ0v) is 5.57. The first-order valence-electron chi connectivity index (χ1n) is 5.46. The van der Waals surface area contributed by atoms with Crippen molar-refractivity contribution >= 4 is 11.6 Å². The highest BCUT2D eigenvalue weighted by atomic mass is 35.5. The van der Waals surface area contributed by atoms with Gasteiger partial charge in [0.05, 0.1) is 0 Å². The fraction of sp³-hybridized carbons (Fsp3) is 1.00. The molecule has 1 nitrogen and oxygen atoms in total. The van der Waals surface area contributed by atoms with Crippen LogP contribution < -0.4 is 0 Å². The van der Waals surface area contributed by atoms with Gasteiger partial charge >= 0.3 is 0 Å². The Bertz CT molecular complexity index is 162. The maximum atomic E-state index is 7.11. The number of halogens is 1. The fourth-order valence-electron chi connectivity index (χ4n) is 0.287. The van der Waals surface area contributed by atoms with E-state index in [0.717, 1.165) is 0 Å². The molecule has 1 unspecified atom stereocenters. The molecule has 0 bridgehead atoms. The largest absolute Gasteiger partial charge is 0.307 e. The summed E-state index contributed by atoms with van der Waals surface area (Å²) in [4.78, 5) is 0.544. The van der Waals surface area contributed by atoms with Gasteiger partial charge in [-0.3, -0.25) is 0 Å². The normalized spacial score (nSPS) is 28.9. The highest BCUT2D eigenvalue weighted by Gasteiger charge is 2.00. The molecule has 8 heavy (non-hydrogen) atoms. The Labute approximate surface area is 65.1 Å². The van der Waals surface area contributed by atoms with E-state index >= 15 is 0 Å². The molecule has 2 heteroatoms. The average molecular weight is 142 g/mol. The first-order chi connectivity index (χ1) is 6.10. The van der Waals surface area contributed by atoms with E-state index in [0.29, 0.717) is 11.3 Å². The van der Waals surface area contributed by atoms with Gasteiger partial charge < -0.3 is 4.90 Å². The summed E-state index contributed by atoms with van der Waals surface area (Å²) >= 11 is 5.45. The Morgan fingerprint density at radius 2 is 2.38 bits per heavy atom. The Morgan fingerprint density at radius 3 is 2.75 bits per heavy atom. The minimum atomic E-state index is -2.61. The second-order valence-electron chi connectivity index (χ2n) is 1.70. The minimum Gasteiger partial charge on any atom is -0.307 e. The van der Waals surface area contributed by atoms with Crippen LogP contribution in [-0.4, -0.2) is 30.8 Å². The molecule has 0 aromatic rings. The van der Waals surface area contributed by atoms with Crippen LogP contribution in [0.5, 0.6) is 0 Å². The zero-order valence-electron chi connectivity index (χ0n) is 10.8. The quantitative estimate of drug-likeness (QED) is 0.540. The fourth-order valence-corrected chi connectivity index (χ4v) is 0.603. The van der Waals surface area contributed by atoms with E-state index in [4.69, 9.17) is 19.8 Å². The van der Waals surface area contributed by atoms with Gasteiger partial charge in [0.15, 0.2) is 0 Å². The summed E-state index contributed by atoms with van der Waals surface area (Å²) in [5.41, 5.74) is 0. The van der Waals surface area contributed by atoms with Crippen LogP contribution in [0.1, 0.15) is 21.6 Å². The van der Waals surface area contributed by atoms with Gasteiger partial charge in [-0.25, -0.2) is 0 Å². The van der Waals surface area contributed by atoms with Gasteiger partial charge in [-0.2, -0.15) is 0 Å². The lowest BCUT2D eigenvalue weighted by atomic mass is 10.2. The summed E-state index contributed by atoms with van der Waals surface area (Å²) in [7, 11) is 0. The Kier molecular flexibility index (Phi) is 1.28. The second kappa shape index (κ2) is 4.16. The van der Waals surface area contributed by atoms with Gasteiger partial charge in [0, 0.05) is 20.1 Å². The van der Waals surface area contributed by atoms with Crippen molar-refractivity contribution < 1.29 is 8.22 Å². The highest BCUT2D eigenvalue weighted by Crippen LogP contribution is 1.98. The van der Waals surface area contributed by atoms with Crippen LogP contribution in [0, 0.1) is 0 Å². The lowest BCUT2D eigenvalue weighted by Gasteiger charge is -2.17. The van der Waals surface area contributed by atoms with Crippen LogP contribution in [-0.2, 0) is 0 Å². The third-order valence-corrected chi connectivity index (χ3v) is 1.19. The molecule has 0 aliphatic rings. The second-order valence-corrected chi connectivity index (χ2v) is 2.07. The Morgan fingerprint density at radius 1 is 1.75 bits per heavy atom. The molecule has 0 aliphatic carbocycles. The van der Waals surface area contributed by atoms with Crippen LogP contribution in [0.15, 0.2) is 0 Å². The van der Waals surface area contributed by atoms with Crippen molar-refractivity contribution in [3.8, 4) is 0 Å². The lowest BCUT2D eigenvalue weighted by Crippen LogP contribution is -2.24. The summed E-state index contributed by atoms with van der Waals surface area (Å²) in [6.07, 6.45) is 0.332. The number of rotatable bonds is 3. The molecule has 0 saturated carbocycles. The van der Waals surface area contributed by atoms with Gasteiger partial charge in [0.1, 0.15) is 0 Å². The van der Waals surface area contributed by atoms with E-state index in [2.05, 4.69) is 0 Å². The van der Waals surface area contributed by atoms with Crippen LogP contribution in [0.4, 0.5) is 0 Å². The summed E-state index contributed by atoms with van der Waals surface area (Å²) in [6, 6.07) is -0.590. The molecule has 0 rings (SSSR count). The van der Waals surface area contributed by atoms with Crippen molar-refractivity contribution in [1.29, 1.82) is 0 Å². The molecule has 1 atom stereocenters. The van der Waals surface area contributed by atoms with Crippen LogP contribution in [0.25, 0.3) is 0 Å². The standard InChI is InChI=1S/C6H14ClN/c1-6(4-5-7)8(2)3/h6H,4-5H2,1-3H3/i2D3,3D3. The molecule has 0 saturated heterocycles. The van der Waals surface area contributed by atoms with Gasteiger partial charge in [-0.1, -0.05) is 0 Å². The van der Waals surface area contributed by atoms with Gasteiger partial charge in [-0.15, -0.1) is 11.6 Å². The smallest absolute Gasteiger partial charge is 0.0394 e. The third kappa shape index (κ3) is 3.28. The zero-order chi connectivity index (χ0) is 11.6. The average Bonchev–Trinajstić information content (AvgIpc) is 1.78. The van der Waals surface area contributed by atoms with Crippen LogP contribution >= 0.6 is 11.6 Å². The molecule has 0 aromatic carbocycles. The van der Waals surface area contributed by atoms with E-state index in [1.807, 2.05) is 0 Å². The molecule has 0 heterocycles. The maximum Gasteiger partial charge on any atom is 0.0394 e. The lowest BCUT2D eigenvalue weighted by molar-refractivity contribution is 0.308. The highest BCUT2D eigenvalue weighted by molar-refractivity contribution is 6.17. The van der Waals surface area contributed by atoms with Crippen LogP contribution in [0.3, 0.4) is 0 Å². The van der Waals surface area contributed by atoms with Crippen LogP contribution in [0.2, 0.25) is 0 Å². The number of hydrogen-bond acceptors (Lipinski definition) is 1. The summed E-state index contributed by atoms with van der Waals surface area (Å²) in [6.45, 7) is -3.69. The third-order valence-electron chi connectivity index (χ3n) is 0.968. The molecule has 0 N–H and O–H groups in total. The molecule has 0 aromatic heterocycles. The van der Waals surface area contributed by atoms with E-state index in [1.54, 1.807) is 6.92 Å². The van der Waals surface area contributed by atoms with Crippen molar-refractivity contribution in [2.24, 2.45) is 0 Å². The molecule has 0 fully saturated rings. The van der Waals surface area contributed by atoms with Crippen molar-refractivity contribution in [2.45, 2.75) is 19.4 Å². The molecule has 0 amide bonds. The predicted molar refractivity (Wildman–Crippen MR) is 38.5 cm³/mol. The van der Waals surface area contributed by atoms with Gasteiger partial charge in [0.25, 0.3) is 0 Å². The SMILES string of the molecule is [2H]C([2H])([2H])N(C(C)CCCl)C([2H])([2H])[2H]. The summed E-state index contributed by atoms with van der Waals surface area (Å²) in [5, 5.41) is 0. The van der Waals surface area contributed by atoms with Gasteiger partial charge in [0.2, 0.25) is 0 Å². The molecular formula is C6H14ClN. The van der Waals surface area contributed by atoms with E-state index < -0.39 is 20.0 Å². The Hall–Kier alpha value is 0.250. The van der Waals surface area contributed by atoms with Crippen molar-refractivity contribution in [1.82, 2.24) is 4.90 Å². The number of hydrogen-bond donors (Lipinski definition) is 0. The summed E-state index contributed by atoms with van der Waals surface area (Å²) < 4.78 is 42.7. The first-order valence-corrected chi connectivity index (χ1v) is 2.99. The van der Waals surface area contributed by atoms with E-state index in [9.17, 15) is 0 Å². The van der Waals surface area contributed by atoms with Crippen molar-refractivity contribution in [3.05, 3.63) is 0 Å². The monoisotopic (exact) mass is 141 g/mol. The number of alkyl halides is 1. The van der Waals surface area contributed by atoms with E-state index in [-0.39, 0.29) is 5.88 Å².